The number of carbonyl (C=O) groups is 1. The van der Waals surface area contributed by atoms with Crippen molar-refractivity contribution >= 4 is 6.29 Å². The summed E-state index contributed by atoms with van der Waals surface area (Å²) in [6.45, 7) is 3.13. The number of nitrogens with one attached hydrogen (secondary N) is 1. The van der Waals surface area contributed by atoms with Crippen molar-refractivity contribution < 1.29 is 4.79 Å². The molecule has 2 rings (SSSR count). The number of benzene rings is 1. The fourth-order valence-corrected chi connectivity index (χ4v) is 2.26. The Bertz CT molecular complexity index is 339. The Morgan fingerprint density at radius 1 is 1.44 bits per heavy atom. The number of nitrogens with zero attached hydrogens (tertiary/aromatic N) is 1. The highest BCUT2D eigenvalue weighted by Crippen LogP contribution is 2.29. The normalized spacial score (nSPS) is 25.8. The first-order chi connectivity index (χ1) is 7.85. The van der Waals surface area contributed by atoms with E-state index in [1.807, 2.05) is 18.2 Å². The summed E-state index contributed by atoms with van der Waals surface area (Å²) in [5, 5.41) is 2.19. The minimum Gasteiger partial charge on any atom is -0.302 e. The van der Waals surface area contributed by atoms with Crippen molar-refractivity contribution in [2.24, 2.45) is 0 Å². The van der Waals surface area contributed by atoms with Gasteiger partial charge in [0.1, 0.15) is 6.29 Å². The molecule has 1 saturated heterocycles. The van der Waals surface area contributed by atoms with Gasteiger partial charge in [-0.15, -0.1) is 0 Å². The molecular formula is C13H18N2O. The van der Waals surface area contributed by atoms with Crippen molar-refractivity contribution in [2.75, 3.05) is 6.54 Å². The first-order valence-electron chi connectivity index (χ1n) is 5.88. The van der Waals surface area contributed by atoms with Crippen LogP contribution in [0.1, 0.15) is 31.4 Å². The molecule has 16 heavy (non-hydrogen) atoms. The maximum absolute atomic E-state index is 10.8. The summed E-state index contributed by atoms with van der Waals surface area (Å²) in [5.74, 6) is 0. The maximum Gasteiger partial charge on any atom is 0.138 e. The van der Waals surface area contributed by atoms with Crippen molar-refractivity contribution in [1.29, 1.82) is 0 Å². The number of aldehydes is 1. The molecule has 86 valence electrons. The van der Waals surface area contributed by atoms with Gasteiger partial charge in [0.15, 0.2) is 0 Å². The molecule has 3 nitrogen and oxygen atoms in total. The van der Waals surface area contributed by atoms with Crippen molar-refractivity contribution in [2.45, 2.75) is 31.8 Å². The van der Waals surface area contributed by atoms with Gasteiger partial charge in [0.2, 0.25) is 0 Å². The molecule has 2 atom stereocenters. The van der Waals surface area contributed by atoms with E-state index < -0.39 is 0 Å². The van der Waals surface area contributed by atoms with Crippen LogP contribution in [-0.2, 0) is 4.79 Å². The van der Waals surface area contributed by atoms with Crippen LogP contribution in [0.15, 0.2) is 30.3 Å². The van der Waals surface area contributed by atoms with E-state index in [0.29, 0.717) is 6.04 Å². The minimum atomic E-state index is -0.0308. The van der Waals surface area contributed by atoms with Crippen LogP contribution in [0.3, 0.4) is 0 Å². The van der Waals surface area contributed by atoms with Gasteiger partial charge in [-0.05, 0) is 18.4 Å². The molecule has 0 radical (unpaired) electrons. The average molecular weight is 218 g/mol. The summed E-state index contributed by atoms with van der Waals surface area (Å²) in [6, 6.07) is 10.7. The fourth-order valence-electron chi connectivity index (χ4n) is 2.26. The number of hydrogen-bond acceptors (Lipinski definition) is 3. The monoisotopic (exact) mass is 218 g/mol. The van der Waals surface area contributed by atoms with E-state index in [1.54, 1.807) is 0 Å². The molecule has 1 N–H and O–H groups in total. The molecular weight excluding hydrogens is 200 g/mol. The van der Waals surface area contributed by atoms with Crippen LogP contribution in [0.25, 0.3) is 0 Å². The van der Waals surface area contributed by atoms with Gasteiger partial charge in [0, 0.05) is 6.54 Å². The molecule has 3 heteroatoms. The van der Waals surface area contributed by atoms with E-state index in [-0.39, 0.29) is 6.04 Å². The molecule has 0 spiro atoms. The zero-order valence-corrected chi connectivity index (χ0v) is 9.60. The van der Waals surface area contributed by atoms with E-state index in [1.165, 1.54) is 5.56 Å². The molecule has 1 aromatic rings. The lowest BCUT2D eigenvalue weighted by Gasteiger charge is -2.23. The number of hydrazine groups is 1. The summed E-state index contributed by atoms with van der Waals surface area (Å²) in [6.07, 6.45) is 2.96. The highest BCUT2D eigenvalue weighted by Gasteiger charge is 2.31. The second-order valence-electron chi connectivity index (χ2n) is 4.23. The lowest BCUT2D eigenvalue weighted by Crippen LogP contribution is -2.37. The zero-order chi connectivity index (χ0) is 11.4. The molecule has 2 unspecified atom stereocenters. The summed E-state index contributed by atoms with van der Waals surface area (Å²) >= 11 is 0. The van der Waals surface area contributed by atoms with E-state index in [9.17, 15) is 4.79 Å². The van der Waals surface area contributed by atoms with Gasteiger partial charge in [-0.1, -0.05) is 37.3 Å². The lowest BCUT2D eigenvalue weighted by atomic mass is 10.0. The Morgan fingerprint density at radius 2 is 2.19 bits per heavy atom. The molecule has 1 aliphatic rings. The SMILES string of the molecule is CCCN1NC(C=O)CC1c1ccccc1. The number of rotatable bonds is 4. The van der Waals surface area contributed by atoms with Crippen LogP contribution in [0, 0.1) is 0 Å². The Morgan fingerprint density at radius 3 is 2.81 bits per heavy atom. The predicted molar refractivity (Wildman–Crippen MR) is 63.8 cm³/mol. The van der Waals surface area contributed by atoms with Crippen LogP contribution in [0.5, 0.6) is 0 Å². The summed E-state index contributed by atoms with van der Waals surface area (Å²) in [7, 11) is 0. The van der Waals surface area contributed by atoms with E-state index in [2.05, 4.69) is 29.5 Å². The first-order valence-corrected chi connectivity index (χ1v) is 5.88. The van der Waals surface area contributed by atoms with Crippen molar-refractivity contribution in [1.82, 2.24) is 10.4 Å². The summed E-state index contributed by atoms with van der Waals surface area (Å²) in [5.41, 5.74) is 4.54. The first kappa shape index (κ1) is 11.3. The largest absolute Gasteiger partial charge is 0.302 e. The molecule has 1 fully saturated rings. The maximum atomic E-state index is 10.8. The topological polar surface area (TPSA) is 32.3 Å². The third-order valence-electron chi connectivity index (χ3n) is 3.00. The minimum absolute atomic E-state index is 0.0308. The van der Waals surface area contributed by atoms with Gasteiger partial charge in [-0.3, -0.25) is 0 Å². The van der Waals surface area contributed by atoms with E-state index >= 15 is 0 Å². The van der Waals surface area contributed by atoms with Gasteiger partial charge >= 0.3 is 0 Å². The molecule has 1 aromatic carbocycles. The molecule has 0 aromatic heterocycles. The van der Waals surface area contributed by atoms with Crippen LogP contribution in [-0.4, -0.2) is 23.9 Å². The molecule has 0 saturated carbocycles. The third kappa shape index (κ3) is 2.31. The molecule has 1 aliphatic heterocycles. The van der Waals surface area contributed by atoms with Gasteiger partial charge in [0.25, 0.3) is 0 Å². The molecule has 0 amide bonds. The van der Waals surface area contributed by atoms with Gasteiger partial charge < -0.3 is 4.79 Å². The summed E-state index contributed by atoms with van der Waals surface area (Å²) < 4.78 is 0. The highest BCUT2D eigenvalue weighted by atomic mass is 16.1. The quantitative estimate of drug-likeness (QED) is 0.784. The number of carbonyl (C=O) groups excluding carboxylic acids is 1. The Hall–Kier alpha value is -1.19. The Balaban J connectivity index is 2.15. The second-order valence-corrected chi connectivity index (χ2v) is 4.23. The van der Waals surface area contributed by atoms with Crippen LogP contribution in [0.2, 0.25) is 0 Å². The zero-order valence-electron chi connectivity index (χ0n) is 9.60. The van der Waals surface area contributed by atoms with E-state index in [0.717, 1.165) is 25.7 Å². The van der Waals surface area contributed by atoms with Crippen LogP contribution >= 0.6 is 0 Å². The lowest BCUT2D eigenvalue weighted by molar-refractivity contribution is -0.109. The van der Waals surface area contributed by atoms with Crippen molar-refractivity contribution in [3.63, 3.8) is 0 Å². The van der Waals surface area contributed by atoms with E-state index in [4.69, 9.17) is 0 Å². The molecule has 1 heterocycles. The summed E-state index contributed by atoms with van der Waals surface area (Å²) in [4.78, 5) is 10.8. The van der Waals surface area contributed by atoms with Crippen LogP contribution < -0.4 is 5.43 Å². The van der Waals surface area contributed by atoms with Gasteiger partial charge in [-0.25, -0.2) is 10.4 Å². The van der Waals surface area contributed by atoms with Crippen molar-refractivity contribution in [3.05, 3.63) is 35.9 Å². The predicted octanol–water partition coefficient (Wildman–Crippen LogP) is 1.92. The number of hydrogen-bond donors (Lipinski definition) is 1. The third-order valence-corrected chi connectivity index (χ3v) is 3.00. The highest BCUT2D eigenvalue weighted by molar-refractivity contribution is 5.58. The van der Waals surface area contributed by atoms with Gasteiger partial charge in [0.05, 0.1) is 12.1 Å². The Labute approximate surface area is 96.4 Å². The van der Waals surface area contributed by atoms with Gasteiger partial charge in [-0.2, -0.15) is 0 Å². The average Bonchev–Trinajstić information content (AvgIpc) is 2.74. The Kier molecular flexibility index (Phi) is 3.70. The fraction of sp³-hybridized carbons (Fsp3) is 0.462. The van der Waals surface area contributed by atoms with Crippen LogP contribution in [0.4, 0.5) is 0 Å². The molecule has 0 aliphatic carbocycles. The standard InChI is InChI=1S/C13H18N2O/c1-2-8-15-13(9-12(10-16)14-15)11-6-4-3-5-7-11/h3-7,10,12-14H,2,8-9H2,1H3. The second kappa shape index (κ2) is 5.23. The molecule has 0 bridgehead atoms. The smallest absolute Gasteiger partial charge is 0.138 e. The van der Waals surface area contributed by atoms with Crippen molar-refractivity contribution in [3.8, 4) is 0 Å².